The van der Waals surface area contributed by atoms with Crippen molar-refractivity contribution in [3.8, 4) is 0 Å². The average Bonchev–Trinajstić information content (AvgIpc) is 3.24. The predicted molar refractivity (Wildman–Crippen MR) is 112 cm³/mol. The minimum atomic E-state index is 0. The van der Waals surface area contributed by atoms with Crippen molar-refractivity contribution in [2.45, 2.75) is 45.2 Å². The van der Waals surface area contributed by atoms with Gasteiger partial charge in [-0.15, -0.1) is 24.0 Å². The van der Waals surface area contributed by atoms with E-state index in [0.717, 1.165) is 38.7 Å². The number of halogens is 1. The Morgan fingerprint density at radius 2 is 1.88 bits per heavy atom. The van der Waals surface area contributed by atoms with Crippen LogP contribution in [0.25, 0.3) is 0 Å². The summed E-state index contributed by atoms with van der Waals surface area (Å²) in [6.45, 7) is 8.60. The molecule has 0 radical (unpaired) electrons. The van der Waals surface area contributed by atoms with Crippen molar-refractivity contribution in [3.05, 3.63) is 35.9 Å². The molecule has 5 heteroatoms. The first kappa shape index (κ1) is 19.5. The van der Waals surface area contributed by atoms with Crippen LogP contribution in [0.1, 0.15) is 38.2 Å². The third-order valence-corrected chi connectivity index (χ3v) is 4.92. The number of benzene rings is 1. The van der Waals surface area contributed by atoms with E-state index in [1.165, 1.54) is 37.8 Å². The van der Waals surface area contributed by atoms with E-state index in [1.807, 2.05) is 0 Å². The van der Waals surface area contributed by atoms with Gasteiger partial charge in [-0.3, -0.25) is 9.89 Å². The molecule has 1 atom stereocenters. The molecule has 4 nitrogen and oxygen atoms in total. The molecule has 1 N–H and O–H groups in total. The number of guanidine groups is 1. The van der Waals surface area contributed by atoms with E-state index in [1.54, 1.807) is 0 Å². The summed E-state index contributed by atoms with van der Waals surface area (Å²) in [6, 6.07) is 11.4. The molecule has 0 bridgehead atoms. The molecule has 1 aromatic carbocycles. The molecule has 3 rings (SSSR count). The van der Waals surface area contributed by atoms with E-state index in [2.05, 4.69) is 52.4 Å². The summed E-state index contributed by atoms with van der Waals surface area (Å²) in [5, 5.41) is 3.47. The highest BCUT2D eigenvalue weighted by Gasteiger charge is 2.25. The van der Waals surface area contributed by atoms with Gasteiger partial charge < -0.3 is 10.2 Å². The minimum absolute atomic E-state index is 0. The van der Waals surface area contributed by atoms with Crippen LogP contribution in [0.5, 0.6) is 0 Å². The van der Waals surface area contributed by atoms with Crippen LogP contribution in [0.3, 0.4) is 0 Å². The maximum Gasteiger partial charge on any atom is 0.193 e. The van der Waals surface area contributed by atoms with Crippen LogP contribution >= 0.6 is 24.0 Å². The summed E-state index contributed by atoms with van der Waals surface area (Å²) in [4.78, 5) is 9.98. The molecule has 2 heterocycles. The normalized spacial score (nSPS) is 21.8. The van der Waals surface area contributed by atoms with Crippen molar-refractivity contribution in [1.29, 1.82) is 0 Å². The largest absolute Gasteiger partial charge is 0.357 e. The molecule has 0 aromatic heterocycles. The van der Waals surface area contributed by atoms with Gasteiger partial charge in [-0.05, 0) is 44.7 Å². The Morgan fingerprint density at radius 3 is 2.58 bits per heavy atom. The maximum atomic E-state index is 4.96. The minimum Gasteiger partial charge on any atom is -0.357 e. The van der Waals surface area contributed by atoms with Crippen LogP contribution in [0, 0.1) is 0 Å². The molecule has 2 aliphatic rings. The van der Waals surface area contributed by atoms with Gasteiger partial charge in [0.1, 0.15) is 0 Å². The Bertz CT molecular complexity index is 499. The van der Waals surface area contributed by atoms with Gasteiger partial charge >= 0.3 is 0 Å². The first-order chi connectivity index (χ1) is 11.4. The molecule has 2 saturated heterocycles. The SMILES string of the molecule is CCNC(=NCC1CCCN1Cc1ccccc1)N1CCCC1.I. The smallest absolute Gasteiger partial charge is 0.193 e. The lowest BCUT2D eigenvalue weighted by molar-refractivity contribution is 0.250. The van der Waals surface area contributed by atoms with Gasteiger partial charge in [0.15, 0.2) is 5.96 Å². The van der Waals surface area contributed by atoms with E-state index in [4.69, 9.17) is 4.99 Å². The maximum absolute atomic E-state index is 4.96. The molecule has 0 saturated carbocycles. The predicted octanol–water partition coefficient (Wildman–Crippen LogP) is 3.33. The highest BCUT2D eigenvalue weighted by atomic mass is 127. The van der Waals surface area contributed by atoms with Crippen LogP contribution < -0.4 is 5.32 Å². The van der Waals surface area contributed by atoms with Crippen molar-refractivity contribution >= 4 is 29.9 Å². The molecule has 24 heavy (non-hydrogen) atoms. The topological polar surface area (TPSA) is 30.9 Å². The lowest BCUT2D eigenvalue weighted by Gasteiger charge is -2.25. The van der Waals surface area contributed by atoms with Gasteiger partial charge in [0.25, 0.3) is 0 Å². The lowest BCUT2D eigenvalue weighted by Crippen LogP contribution is -2.41. The zero-order valence-electron chi connectivity index (χ0n) is 14.8. The third kappa shape index (κ3) is 5.34. The van der Waals surface area contributed by atoms with E-state index in [9.17, 15) is 0 Å². The molecular formula is C19H31IN4. The highest BCUT2D eigenvalue weighted by molar-refractivity contribution is 14.0. The molecular weight excluding hydrogens is 411 g/mol. The number of likely N-dealkylation sites (tertiary alicyclic amines) is 2. The van der Waals surface area contributed by atoms with Gasteiger partial charge in [0, 0.05) is 32.2 Å². The molecule has 2 aliphatic heterocycles. The summed E-state index contributed by atoms with van der Waals surface area (Å²) in [7, 11) is 0. The molecule has 0 spiro atoms. The Balaban J connectivity index is 0.00000208. The summed E-state index contributed by atoms with van der Waals surface area (Å²) >= 11 is 0. The Hall–Kier alpha value is -0.820. The molecule has 134 valence electrons. The molecule has 0 aliphatic carbocycles. The Morgan fingerprint density at radius 1 is 1.12 bits per heavy atom. The van der Waals surface area contributed by atoms with Crippen LogP contribution in [-0.4, -0.2) is 54.5 Å². The zero-order chi connectivity index (χ0) is 15.9. The van der Waals surface area contributed by atoms with Gasteiger partial charge in [-0.2, -0.15) is 0 Å². The van der Waals surface area contributed by atoms with Gasteiger partial charge in [0.2, 0.25) is 0 Å². The van der Waals surface area contributed by atoms with Crippen molar-refractivity contribution < 1.29 is 0 Å². The van der Waals surface area contributed by atoms with Crippen LogP contribution in [-0.2, 0) is 6.54 Å². The molecule has 1 aromatic rings. The highest BCUT2D eigenvalue weighted by Crippen LogP contribution is 2.20. The second-order valence-electron chi connectivity index (χ2n) is 6.64. The molecule has 1 unspecified atom stereocenters. The van der Waals surface area contributed by atoms with E-state index >= 15 is 0 Å². The van der Waals surface area contributed by atoms with Crippen molar-refractivity contribution in [2.75, 3.05) is 32.7 Å². The standard InChI is InChI=1S/C19H30N4.HI/c1-2-20-19(22-12-6-7-13-22)21-15-18-11-8-14-23(18)16-17-9-4-3-5-10-17;/h3-5,9-10,18H,2,6-8,11-16H2,1H3,(H,20,21);1H. The fourth-order valence-electron chi connectivity index (χ4n) is 3.67. The van der Waals surface area contributed by atoms with Crippen molar-refractivity contribution in [3.63, 3.8) is 0 Å². The number of rotatable bonds is 5. The fourth-order valence-corrected chi connectivity index (χ4v) is 3.67. The van der Waals surface area contributed by atoms with Gasteiger partial charge in [-0.1, -0.05) is 30.3 Å². The quantitative estimate of drug-likeness (QED) is 0.431. The van der Waals surface area contributed by atoms with Crippen LogP contribution in [0.15, 0.2) is 35.3 Å². The number of hydrogen-bond acceptors (Lipinski definition) is 2. The van der Waals surface area contributed by atoms with Gasteiger partial charge in [-0.25, -0.2) is 0 Å². The summed E-state index contributed by atoms with van der Waals surface area (Å²) < 4.78 is 0. The lowest BCUT2D eigenvalue weighted by atomic mass is 10.2. The van der Waals surface area contributed by atoms with Gasteiger partial charge in [0.05, 0.1) is 6.54 Å². The van der Waals surface area contributed by atoms with Crippen molar-refractivity contribution in [2.24, 2.45) is 4.99 Å². The number of nitrogens with zero attached hydrogens (tertiary/aromatic N) is 3. The third-order valence-electron chi connectivity index (χ3n) is 4.92. The van der Waals surface area contributed by atoms with E-state index in [-0.39, 0.29) is 24.0 Å². The fraction of sp³-hybridized carbons (Fsp3) is 0.632. The van der Waals surface area contributed by atoms with Crippen LogP contribution in [0.2, 0.25) is 0 Å². The van der Waals surface area contributed by atoms with Crippen molar-refractivity contribution in [1.82, 2.24) is 15.1 Å². The van der Waals surface area contributed by atoms with E-state index in [0.29, 0.717) is 6.04 Å². The van der Waals surface area contributed by atoms with E-state index < -0.39 is 0 Å². The number of nitrogens with one attached hydrogen (secondary N) is 1. The number of aliphatic imine (C=N–C) groups is 1. The average molecular weight is 442 g/mol. The summed E-state index contributed by atoms with van der Waals surface area (Å²) in [5.41, 5.74) is 1.41. The second kappa shape index (κ2) is 10.2. The first-order valence-corrected chi connectivity index (χ1v) is 9.18. The molecule has 0 amide bonds. The molecule has 2 fully saturated rings. The summed E-state index contributed by atoms with van der Waals surface area (Å²) in [6.07, 6.45) is 5.17. The van der Waals surface area contributed by atoms with Crippen LogP contribution in [0.4, 0.5) is 0 Å². The summed E-state index contributed by atoms with van der Waals surface area (Å²) in [5.74, 6) is 1.12. The number of hydrogen-bond donors (Lipinski definition) is 1. The monoisotopic (exact) mass is 442 g/mol. The Labute approximate surface area is 163 Å². The Kier molecular flexibility index (Phi) is 8.32. The first-order valence-electron chi connectivity index (χ1n) is 9.18. The zero-order valence-corrected chi connectivity index (χ0v) is 17.1. The second-order valence-corrected chi connectivity index (χ2v) is 6.64.